The van der Waals surface area contributed by atoms with Gasteiger partial charge in [0.2, 0.25) is 0 Å². The summed E-state index contributed by atoms with van der Waals surface area (Å²) in [6, 6.07) is 7.61. The Morgan fingerprint density at radius 1 is 0.955 bits per heavy atom. The number of rotatable bonds is 4. The molecule has 0 radical (unpaired) electrons. The lowest BCUT2D eigenvalue weighted by molar-refractivity contribution is 0.183. The Labute approximate surface area is 155 Å². The molecule has 4 nitrogen and oxygen atoms in total. The van der Waals surface area contributed by atoms with Crippen LogP contribution < -0.4 is 0 Å². The van der Waals surface area contributed by atoms with E-state index in [0.29, 0.717) is 17.3 Å². The molecule has 0 atom stereocenters. The number of nitrogens with zero attached hydrogens (tertiary/aromatic N) is 2. The third kappa shape index (κ3) is 3.82. The summed E-state index contributed by atoms with van der Waals surface area (Å²) in [5.41, 5.74) is 0. The normalized spacial score (nSPS) is 17.9. The van der Waals surface area contributed by atoms with E-state index >= 15 is 0 Å². The van der Waals surface area contributed by atoms with Gasteiger partial charge in [0.1, 0.15) is 4.21 Å². The first kappa shape index (κ1) is 17.1. The molecule has 1 aliphatic rings. The molecule has 0 aliphatic carbocycles. The lowest BCUT2D eigenvalue weighted by Gasteiger charge is -2.33. The van der Waals surface area contributed by atoms with Crippen LogP contribution in [0.4, 0.5) is 0 Å². The number of piperazine rings is 1. The van der Waals surface area contributed by atoms with Gasteiger partial charge in [0.15, 0.2) is 0 Å². The van der Waals surface area contributed by atoms with Gasteiger partial charge >= 0.3 is 0 Å². The number of thiophene rings is 2. The van der Waals surface area contributed by atoms with Crippen LogP contribution >= 0.6 is 54.5 Å². The molecule has 9 heteroatoms. The molecule has 1 aliphatic heterocycles. The maximum atomic E-state index is 12.6. The zero-order valence-corrected chi connectivity index (χ0v) is 17.2. The van der Waals surface area contributed by atoms with Crippen LogP contribution in [0.3, 0.4) is 0 Å². The van der Waals surface area contributed by atoms with E-state index in [1.807, 2.05) is 0 Å². The minimum atomic E-state index is -3.34. The Morgan fingerprint density at radius 3 is 2.14 bits per heavy atom. The lowest BCUT2D eigenvalue weighted by Crippen LogP contribution is -2.47. The Bertz CT molecular complexity index is 749. The molecule has 0 saturated carbocycles. The molecule has 0 unspecified atom stereocenters. The van der Waals surface area contributed by atoms with E-state index in [1.54, 1.807) is 27.8 Å². The maximum Gasteiger partial charge on any atom is 0.252 e. The van der Waals surface area contributed by atoms with Gasteiger partial charge < -0.3 is 0 Å². The molecule has 0 spiro atoms. The van der Waals surface area contributed by atoms with E-state index in [0.717, 1.165) is 27.2 Å². The van der Waals surface area contributed by atoms with Gasteiger partial charge in [-0.3, -0.25) is 4.90 Å². The molecular weight excluding hydrogens is 472 g/mol. The molecule has 1 saturated heterocycles. The van der Waals surface area contributed by atoms with E-state index in [1.165, 1.54) is 16.2 Å². The predicted molar refractivity (Wildman–Crippen MR) is 98.1 cm³/mol. The molecule has 0 bridgehead atoms. The van der Waals surface area contributed by atoms with Crippen LogP contribution in [-0.2, 0) is 16.6 Å². The van der Waals surface area contributed by atoms with Gasteiger partial charge in [-0.05, 0) is 56.1 Å². The van der Waals surface area contributed by atoms with Crippen molar-refractivity contribution in [2.45, 2.75) is 10.8 Å². The largest absolute Gasteiger partial charge is 0.296 e. The second-order valence-corrected chi connectivity index (χ2v) is 12.1. The van der Waals surface area contributed by atoms with Gasteiger partial charge in [0, 0.05) is 37.6 Å². The van der Waals surface area contributed by atoms with Crippen molar-refractivity contribution in [3.05, 3.63) is 36.7 Å². The van der Waals surface area contributed by atoms with Crippen molar-refractivity contribution in [2.24, 2.45) is 0 Å². The van der Waals surface area contributed by atoms with Crippen LogP contribution in [-0.4, -0.2) is 43.8 Å². The van der Waals surface area contributed by atoms with Gasteiger partial charge in [-0.15, -0.1) is 22.7 Å². The number of sulfonamides is 1. The summed E-state index contributed by atoms with van der Waals surface area (Å²) >= 11 is 9.78. The zero-order valence-electron chi connectivity index (χ0n) is 11.5. The van der Waals surface area contributed by atoms with Crippen LogP contribution in [0.2, 0.25) is 0 Å². The molecule has 22 heavy (non-hydrogen) atoms. The summed E-state index contributed by atoms with van der Waals surface area (Å²) in [5.74, 6) is 0. The Morgan fingerprint density at radius 2 is 1.59 bits per heavy atom. The molecule has 2 aromatic heterocycles. The third-order valence-corrected chi connectivity index (χ3v) is 9.08. The Hall–Kier alpha value is 0.230. The molecule has 0 aromatic carbocycles. The highest BCUT2D eigenvalue weighted by molar-refractivity contribution is 9.11. The smallest absolute Gasteiger partial charge is 0.252 e. The summed E-state index contributed by atoms with van der Waals surface area (Å²) in [4.78, 5) is 3.60. The monoisotopic (exact) mass is 484 g/mol. The van der Waals surface area contributed by atoms with E-state index in [2.05, 4.69) is 48.9 Å². The fraction of sp³-hybridized carbons (Fsp3) is 0.385. The first-order valence-electron chi connectivity index (χ1n) is 6.67. The SMILES string of the molecule is O=S(=O)(c1ccc(Br)s1)N1CCN(Cc2ccc(Br)s2)CC1. The van der Waals surface area contributed by atoms with Crippen LogP contribution in [0.15, 0.2) is 36.0 Å². The molecule has 1 fully saturated rings. The Kier molecular flexibility index (Phi) is 5.43. The van der Waals surface area contributed by atoms with Gasteiger partial charge in [-0.25, -0.2) is 8.42 Å². The molecule has 0 N–H and O–H groups in total. The highest BCUT2D eigenvalue weighted by atomic mass is 79.9. The molecular formula is C13H14Br2N2O2S3. The summed E-state index contributed by atoms with van der Waals surface area (Å²) < 4.78 is 29.1. The highest BCUT2D eigenvalue weighted by Gasteiger charge is 2.29. The summed E-state index contributed by atoms with van der Waals surface area (Å²) in [5, 5.41) is 0. The topological polar surface area (TPSA) is 40.6 Å². The van der Waals surface area contributed by atoms with Crippen molar-refractivity contribution in [1.29, 1.82) is 0 Å². The first-order valence-corrected chi connectivity index (χ1v) is 11.3. The van der Waals surface area contributed by atoms with Crippen molar-refractivity contribution < 1.29 is 8.42 Å². The fourth-order valence-electron chi connectivity index (χ4n) is 2.35. The van der Waals surface area contributed by atoms with Gasteiger partial charge in [0.25, 0.3) is 10.0 Å². The van der Waals surface area contributed by atoms with Crippen molar-refractivity contribution in [1.82, 2.24) is 9.21 Å². The van der Waals surface area contributed by atoms with Crippen LogP contribution in [0.5, 0.6) is 0 Å². The quantitative estimate of drug-likeness (QED) is 0.660. The summed E-state index contributed by atoms with van der Waals surface area (Å²) in [6.07, 6.45) is 0. The second-order valence-electron chi connectivity index (χ2n) is 4.94. The van der Waals surface area contributed by atoms with Gasteiger partial charge in [0.05, 0.1) is 7.57 Å². The number of hydrogen-bond donors (Lipinski definition) is 0. The van der Waals surface area contributed by atoms with E-state index in [4.69, 9.17) is 0 Å². The summed E-state index contributed by atoms with van der Waals surface area (Å²) in [7, 11) is -3.34. The zero-order chi connectivity index (χ0) is 15.7. The van der Waals surface area contributed by atoms with Crippen molar-refractivity contribution in [2.75, 3.05) is 26.2 Å². The molecule has 2 aromatic rings. The standard InChI is InChI=1S/C13H14Br2N2O2S3/c14-11-2-1-10(20-11)9-16-5-7-17(8-6-16)22(18,19)13-4-3-12(15)21-13/h1-4H,5-9H2. The van der Waals surface area contributed by atoms with E-state index in [-0.39, 0.29) is 0 Å². The van der Waals surface area contributed by atoms with E-state index in [9.17, 15) is 8.42 Å². The van der Waals surface area contributed by atoms with Crippen LogP contribution in [0, 0.1) is 0 Å². The average Bonchev–Trinajstić information content (AvgIpc) is 3.09. The molecule has 120 valence electrons. The first-order chi connectivity index (χ1) is 10.4. The molecule has 3 heterocycles. The second kappa shape index (κ2) is 7.00. The lowest BCUT2D eigenvalue weighted by atomic mass is 10.3. The molecule has 0 amide bonds. The Balaban J connectivity index is 1.61. The maximum absolute atomic E-state index is 12.6. The van der Waals surface area contributed by atoms with Crippen molar-refractivity contribution in [3.63, 3.8) is 0 Å². The van der Waals surface area contributed by atoms with Crippen LogP contribution in [0.1, 0.15) is 4.88 Å². The minimum absolute atomic E-state index is 0.412. The van der Waals surface area contributed by atoms with Crippen LogP contribution in [0.25, 0.3) is 0 Å². The summed E-state index contributed by atoms with van der Waals surface area (Å²) in [6.45, 7) is 3.51. The van der Waals surface area contributed by atoms with Gasteiger partial charge in [-0.1, -0.05) is 0 Å². The molecule has 3 rings (SSSR count). The highest BCUT2D eigenvalue weighted by Crippen LogP contribution is 2.29. The van der Waals surface area contributed by atoms with Gasteiger partial charge in [-0.2, -0.15) is 4.31 Å². The minimum Gasteiger partial charge on any atom is -0.296 e. The van der Waals surface area contributed by atoms with E-state index < -0.39 is 10.0 Å². The van der Waals surface area contributed by atoms with Crippen molar-refractivity contribution in [3.8, 4) is 0 Å². The number of halogens is 2. The van der Waals surface area contributed by atoms with Crippen molar-refractivity contribution >= 4 is 64.6 Å². The predicted octanol–water partition coefficient (Wildman–Crippen LogP) is 3.84. The fourth-order valence-corrected chi connectivity index (χ4v) is 7.46. The number of hydrogen-bond acceptors (Lipinski definition) is 5. The average molecular weight is 486 g/mol. The third-order valence-electron chi connectivity index (χ3n) is 3.48.